The predicted molar refractivity (Wildman–Crippen MR) is 57.0 cm³/mol. The van der Waals surface area contributed by atoms with E-state index in [0.29, 0.717) is 5.92 Å². The molecule has 0 aromatic heterocycles. The van der Waals surface area contributed by atoms with Crippen LogP contribution in [0.5, 0.6) is 0 Å². The van der Waals surface area contributed by atoms with E-state index in [4.69, 9.17) is 0 Å². The van der Waals surface area contributed by atoms with E-state index in [-0.39, 0.29) is 17.4 Å². The Morgan fingerprint density at radius 2 is 1.87 bits per heavy atom. The number of hydrogen-bond donors (Lipinski definition) is 0. The Bertz CT molecular complexity index is 317. The van der Waals surface area contributed by atoms with E-state index < -0.39 is 0 Å². The van der Waals surface area contributed by atoms with Crippen LogP contribution >= 0.6 is 0 Å². The van der Waals surface area contributed by atoms with Crippen LogP contribution in [0.1, 0.15) is 39.5 Å². The monoisotopic (exact) mass is 207 g/mol. The minimum atomic E-state index is -0.268. The topological polar surface area (TPSA) is 37.4 Å². The van der Waals surface area contributed by atoms with Crippen LogP contribution in [-0.4, -0.2) is 22.3 Å². The van der Waals surface area contributed by atoms with Gasteiger partial charge in [0.25, 0.3) is 11.8 Å². The average molecular weight is 207 g/mol. The number of nitrogens with zero attached hydrogens (tertiary/aromatic N) is 1. The van der Waals surface area contributed by atoms with Gasteiger partial charge in [0.15, 0.2) is 0 Å². The van der Waals surface area contributed by atoms with Crippen LogP contribution in [0.3, 0.4) is 0 Å². The molecule has 2 atom stereocenters. The van der Waals surface area contributed by atoms with Gasteiger partial charge < -0.3 is 0 Å². The molecule has 0 spiro atoms. The molecule has 3 nitrogen and oxygen atoms in total. The van der Waals surface area contributed by atoms with Gasteiger partial charge in [0, 0.05) is 12.2 Å². The lowest BCUT2D eigenvalue weighted by Gasteiger charge is -2.45. The fourth-order valence-electron chi connectivity index (χ4n) is 2.73. The Labute approximate surface area is 90.1 Å². The summed E-state index contributed by atoms with van der Waals surface area (Å²) in [5, 5.41) is 0. The van der Waals surface area contributed by atoms with Crippen molar-refractivity contribution in [1.82, 2.24) is 4.90 Å². The summed E-state index contributed by atoms with van der Waals surface area (Å²) in [6, 6.07) is 0. The zero-order valence-electron chi connectivity index (χ0n) is 9.32. The molecule has 1 aliphatic carbocycles. The molecule has 0 bridgehead atoms. The summed E-state index contributed by atoms with van der Waals surface area (Å²) in [5.74, 6) is 0.117. The van der Waals surface area contributed by atoms with E-state index in [9.17, 15) is 9.59 Å². The molecular formula is C12H17NO2. The molecule has 0 aromatic rings. The number of hydrogen-bond acceptors (Lipinski definition) is 2. The van der Waals surface area contributed by atoms with Crippen LogP contribution in [0.25, 0.3) is 0 Å². The number of imide groups is 1. The fourth-order valence-corrected chi connectivity index (χ4v) is 2.73. The smallest absolute Gasteiger partial charge is 0.254 e. The van der Waals surface area contributed by atoms with E-state index in [1.54, 1.807) is 0 Å². The Morgan fingerprint density at radius 1 is 1.27 bits per heavy atom. The number of amides is 2. The fraction of sp³-hybridized carbons (Fsp3) is 0.667. The predicted octanol–water partition coefficient (Wildman–Crippen LogP) is 1.88. The largest absolute Gasteiger partial charge is 0.269 e. The van der Waals surface area contributed by atoms with Gasteiger partial charge in [-0.3, -0.25) is 14.5 Å². The average Bonchev–Trinajstić information content (AvgIpc) is 2.52. The zero-order chi connectivity index (χ0) is 11.1. The third-order valence-electron chi connectivity index (χ3n) is 3.95. The molecular weight excluding hydrogens is 190 g/mol. The minimum Gasteiger partial charge on any atom is -0.269 e. The van der Waals surface area contributed by atoms with Gasteiger partial charge in [-0.15, -0.1) is 0 Å². The van der Waals surface area contributed by atoms with Gasteiger partial charge in [-0.25, -0.2) is 0 Å². The molecule has 2 aliphatic rings. The SMILES string of the molecule is CC1CCCCC1(C)N1C(=O)C=CC1=O. The van der Waals surface area contributed by atoms with Crippen molar-refractivity contribution in [2.45, 2.75) is 45.1 Å². The third kappa shape index (κ3) is 1.50. The quantitative estimate of drug-likeness (QED) is 0.616. The second-order valence-electron chi connectivity index (χ2n) is 4.85. The summed E-state index contributed by atoms with van der Waals surface area (Å²) >= 11 is 0. The summed E-state index contributed by atoms with van der Waals surface area (Å²) in [7, 11) is 0. The van der Waals surface area contributed by atoms with Crippen molar-refractivity contribution in [3.8, 4) is 0 Å². The van der Waals surface area contributed by atoms with Gasteiger partial charge >= 0.3 is 0 Å². The second kappa shape index (κ2) is 3.47. The molecule has 2 unspecified atom stereocenters. The molecule has 1 fully saturated rings. The van der Waals surface area contributed by atoms with Gasteiger partial charge in [0.1, 0.15) is 0 Å². The second-order valence-corrected chi connectivity index (χ2v) is 4.85. The molecule has 0 N–H and O–H groups in total. The standard InChI is InChI=1S/C12H17NO2/c1-9-5-3-4-8-12(9,2)13-10(14)6-7-11(13)15/h6-7,9H,3-5,8H2,1-2H3. The van der Waals surface area contributed by atoms with Crippen molar-refractivity contribution >= 4 is 11.8 Å². The van der Waals surface area contributed by atoms with Crippen LogP contribution < -0.4 is 0 Å². The van der Waals surface area contributed by atoms with Gasteiger partial charge in [-0.1, -0.05) is 19.8 Å². The molecule has 1 heterocycles. The van der Waals surface area contributed by atoms with E-state index >= 15 is 0 Å². The maximum atomic E-state index is 11.7. The van der Waals surface area contributed by atoms with Gasteiger partial charge in [0.2, 0.25) is 0 Å². The van der Waals surface area contributed by atoms with Gasteiger partial charge in [-0.2, -0.15) is 0 Å². The van der Waals surface area contributed by atoms with Gasteiger partial charge in [0.05, 0.1) is 5.54 Å². The molecule has 0 aromatic carbocycles. The van der Waals surface area contributed by atoms with E-state index in [1.165, 1.54) is 23.5 Å². The maximum Gasteiger partial charge on any atom is 0.254 e. The molecule has 0 radical (unpaired) electrons. The highest BCUT2D eigenvalue weighted by molar-refractivity contribution is 6.13. The van der Waals surface area contributed by atoms with Gasteiger partial charge in [-0.05, 0) is 25.7 Å². The highest BCUT2D eigenvalue weighted by atomic mass is 16.2. The summed E-state index contributed by atoms with van der Waals surface area (Å²) in [6.07, 6.45) is 7.13. The molecule has 1 saturated carbocycles. The minimum absolute atomic E-state index is 0.142. The zero-order valence-corrected chi connectivity index (χ0v) is 9.32. The van der Waals surface area contributed by atoms with Crippen molar-refractivity contribution in [2.24, 2.45) is 5.92 Å². The molecule has 15 heavy (non-hydrogen) atoms. The summed E-state index contributed by atoms with van der Waals surface area (Å²) in [6.45, 7) is 4.18. The summed E-state index contributed by atoms with van der Waals surface area (Å²) < 4.78 is 0. The van der Waals surface area contributed by atoms with E-state index in [0.717, 1.165) is 19.3 Å². The van der Waals surface area contributed by atoms with Crippen molar-refractivity contribution < 1.29 is 9.59 Å². The lowest BCUT2D eigenvalue weighted by atomic mass is 9.74. The van der Waals surface area contributed by atoms with Crippen LogP contribution in [-0.2, 0) is 9.59 Å². The first-order chi connectivity index (χ1) is 7.05. The highest BCUT2D eigenvalue weighted by Gasteiger charge is 2.45. The van der Waals surface area contributed by atoms with Crippen molar-refractivity contribution in [2.75, 3.05) is 0 Å². The number of rotatable bonds is 1. The molecule has 82 valence electrons. The Hall–Kier alpha value is -1.12. The lowest BCUT2D eigenvalue weighted by Crippen LogP contribution is -2.55. The van der Waals surface area contributed by atoms with Crippen molar-refractivity contribution in [1.29, 1.82) is 0 Å². The molecule has 2 amide bonds. The van der Waals surface area contributed by atoms with Crippen LogP contribution in [0.2, 0.25) is 0 Å². The van der Waals surface area contributed by atoms with Crippen molar-refractivity contribution in [3.63, 3.8) is 0 Å². The Kier molecular flexibility index (Phi) is 2.41. The number of carbonyl (C=O) groups is 2. The number of carbonyl (C=O) groups excluding carboxylic acids is 2. The molecule has 2 rings (SSSR count). The van der Waals surface area contributed by atoms with Crippen LogP contribution in [0.15, 0.2) is 12.2 Å². The third-order valence-corrected chi connectivity index (χ3v) is 3.95. The molecule has 3 heteroatoms. The van der Waals surface area contributed by atoms with Crippen LogP contribution in [0, 0.1) is 5.92 Å². The maximum absolute atomic E-state index is 11.7. The first kappa shape index (κ1) is 10.4. The van der Waals surface area contributed by atoms with E-state index in [2.05, 4.69) is 6.92 Å². The summed E-state index contributed by atoms with van der Waals surface area (Å²) in [5.41, 5.74) is -0.268. The summed E-state index contributed by atoms with van der Waals surface area (Å²) in [4.78, 5) is 24.8. The van der Waals surface area contributed by atoms with Crippen molar-refractivity contribution in [3.05, 3.63) is 12.2 Å². The Balaban J connectivity index is 2.28. The Morgan fingerprint density at radius 3 is 2.40 bits per heavy atom. The first-order valence-corrected chi connectivity index (χ1v) is 5.62. The van der Waals surface area contributed by atoms with E-state index in [1.807, 2.05) is 6.92 Å². The highest BCUT2D eigenvalue weighted by Crippen LogP contribution is 2.39. The molecule has 0 saturated heterocycles. The molecule has 1 aliphatic heterocycles. The lowest BCUT2D eigenvalue weighted by molar-refractivity contribution is -0.147. The first-order valence-electron chi connectivity index (χ1n) is 5.62. The van der Waals surface area contributed by atoms with Crippen LogP contribution in [0.4, 0.5) is 0 Å². The normalized spacial score (nSPS) is 36.4.